The molecule has 1 N–H and O–H groups in total. The highest BCUT2D eigenvalue weighted by Crippen LogP contribution is 2.36. The number of methoxy groups -OCH3 is 1. The number of rotatable bonds is 11. The van der Waals surface area contributed by atoms with Crippen LogP contribution in [0.3, 0.4) is 0 Å². The number of ether oxygens (including phenoxy) is 3. The molecular formula is C24H31NO5S. The maximum atomic E-state index is 12.3. The molecule has 0 unspecified atom stereocenters. The van der Waals surface area contributed by atoms with Crippen molar-refractivity contribution in [3.8, 4) is 17.2 Å². The van der Waals surface area contributed by atoms with Gasteiger partial charge < -0.3 is 19.5 Å². The Labute approximate surface area is 188 Å². The number of esters is 1. The molecule has 0 saturated carbocycles. The molecule has 0 aromatic heterocycles. The monoisotopic (exact) mass is 445 g/mol. The minimum absolute atomic E-state index is 0.112. The summed E-state index contributed by atoms with van der Waals surface area (Å²) in [4.78, 5) is 24.1. The van der Waals surface area contributed by atoms with Crippen molar-refractivity contribution in [2.75, 3.05) is 20.3 Å². The van der Waals surface area contributed by atoms with Gasteiger partial charge in [0, 0.05) is 23.4 Å². The number of amides is 1. The molecule has 0 radical (unpaired) electrons. The van der Waals surface area contributed by atoms with Gasteiger partial charge in [-0.1, -0.05) is 19.9 Å². The van der Waals surface area contributed by atoms with Crippen LogP contribution in [-0.4, -0.2) is 37.4 Å². The normalized spacial score (nSPS) is 10.6. The van der Waals surface area contributed by atoms with Crippen molar-refractivity contribution in [3.05, 3.63) is 53.1 Å². The van der Waals surface area contributed by atoms with Gasteiger partial charge in [-0.2, -0.15) is 11.8 Å². The highest BCUT2D eigenvalue weighted by molar-refractivity contribution is 7.99. The van der Waals surface area contributed by atoms with E-state index < -0.39 is 0 Å². The first-order valence-electron chi connectivity index (χ1n) is 10.4. The number of nitrogens with one attached hydrogen (secondary N) is 1. The number of hydrogen-bond acceptors (Lipinski definition) is 6. The van der Waals surface area contributed by atoms with Crippen LogP contribution >= 0.6 is 11.8 Å². The summed E-state index contributed by atoms with van der Waals surface area (Å²) >= 11 is 1.77. The van der Waals surface area contributed by atoms with Crippen molar-refractivity contribution in [1.82, 2.24) is 5.32 Å². The molecule has 0 bridgehead atoms. The lowest BCUT2D eigenvalue weighted by Crippen LogP contribution is -2.22. The van der Waals surface area contributed by atoms with Crippen LogP contribution in [0.25, 0.3) is 0 Å². The Morgan fingerprint density at radius 1 is 1.03 bits per heavy atom. The quantitative estimate of drug-likeness (QED) is 0.492. The van der Waals surface area contributed by atoms with Gasteiger partial charge in [0.05, 0.1) is 20.1 Å². The van der Waals surface area contributed by atoms with Crippen molar-refractivity contribution < 1.29 is 23.8 Å². The largest absolute Gasteiger partial charge is 0.493 e. The van der Waals surface area contributed by atoms with Crippen LogP contribution in [0.5, 0.6) is 17.2 Å². The lowest BCUT2D eigenvalue weighted by Gasteiger charge is -2.16. The Morgan fingerprint density at radius 3 is 2.42 bits per heavy atom. The lowest BCUT2D eigenvalue weighted by atomic mass is 10.1. The number of thioether (sulfide) groups is 1. The molecule has 0 fully saturated rings. The van der Waals surface area contributed by atoms with Crippen molar-refractivity contribution in [2.24, 2.45) is 0 Å². The second-order valence-corrected chi connectivity index (χ2v) is 8.68. The van der Waals surface area contributed by atoms with Crippen molar-refractivity contribution in [3.63, 3.8) is 0 Å². The molecule has 0 aliphatic carbocycles. The molecule has 0 aliphatic heterocycles. The van der Waals surface area contributed by atoms with Gasteiger partial charge in [-0.25, -0.2) is 0 Å². The first-order chi connectivity index (χ1) is 14.9. The van der Waals surface area contributed by atoms with Crippen LogP contribution in [0.2, 0.25) is 0 Å². The van der Waals surface area contributed by atoms with E-state index in [-0.39, 0.29) is 18.3 Å². The van der Waals surface area contributed by atoms with E-state index in [0.29, 0.717) is 47.0 Å². The van der Waals surface area contributed by atoms with Gasteiger partial charge in [0.25, 0.3) is 5.91 Å². The minimum Gasteiger partial charge on any atom is -0.493 e. The molecule has 1 amide bonds. The number of benzene rings is 2. The van der Waals surface area contributed by atoms with Gasteiger partial charge in [-0.05, 0) is 55.0 Å². The number of carbonyl (C=O) groups is 2. The summed E-state index contributed by atoms with van der Waals surface area (Å²) in [6.45, 7) is 8.83. The van der Waals surface area contributed by atoms with Gasteiger partial charge in [0.15, 0.2) is 11.5 Å². The molecule has 2 aromatic rings. The van der Waals surface area contributed by atoms with Crippen molar-refractivity contribution in [2.45, 2.75) is 45.1 Å². The van der Waals surface area contributed by atoms with Crippen LogP contribution in [0.4, 0.5) is 0 Å². The van der Waals surface area contributed by atoms with E-state index in [9.17, 15) is 9.59 Å². The third kappa shape index (κ3) is 7.51. The summed E-state index contributed by atoms with van der Waals surface area (Å²) in [5, 5.41) is 3.26. The van der Waals surface area contributed by atoms with Gasteiger partial charge in [0.1, 0.15) is 5.75 Å². The molecule has 2 aromatic carbocycles. The summed E-state index contributed by atoms with van der Waals surface area (Å²) in [5.41, 5.74) is 2.28. The van der Waals surface area contributed by atoms with Gasteiger partial charge in [-0.15, -0.1) is 0 Å². The van der Waals surface area contributed by atoms with E-state index in [2.05, 4.69) is 19.2 Å². The van der Waals surface area contributed by atoms with E-state index >= 15 is 0 Å². The highest BCUT2D eigenvalue weighted by atomic mass is 32.2. The number of carbonyl (C=O) groups excluding carboxylic acids is 2. The zero-order chi connectivity index (χ0) is 22.8. The topological polar surface area (TPSA) is 73.9 Å². The van der Waals surface area contributed by atoms with Gasteiger partial charge >= 0.3 is 5.97 Å². The van der Waals surface area contributed by atoms with Crippen LogP contribution in [0, 0.1) is 0 Å². The first-order valence-corrected chi connectivity index (χ1v) is 11.5. The first kappa shape index (κ1) is 24.6. The number of hydrogen-bond donors (Lipinski definition) is 1. The average Bonchev–Trinajstić information content (AvgIpc) is 2.73. The summed E-state index contributed by atoms with van der Waals surface area (Å²) in [7, 11) is 1.57. The molecule has 0 spiro atoms. The van der Waals surface area contributed by atoms with Crippen LogP contribution in [-0.2, 0) is 21.7 Å². The smallest absolute Gasteiger partial charge is 0.310 e. The molecule has 31 heavy (non-hydrogen) atoms. The van der Waals surface area contributed by atoms with E-state index in [1.807, 2.05) is 19.1 Å². The van der Waals surface area contributed by atoms with E-state index in [1.54, 1.807) is 50.1 Å². The maximum absolute atomic E-state index is 12.3. The standard InChI is InChI=1S/C24H31NO5S/c1-6-25-24(27)18-9-11-20(19(14-18)15-31-16(3)4)30-22-12-17(8-10-21(22)28-5)13-23(26)29-7-2/h8-12,14,16H,6-7,13,15H2,1-5H3,(H,25,27). The second-order valence-electron chi connectivity index (χ2n) is 7.11. The fraction of sp³-hybridized carbons (Fsp3) is 0.417. The lowest BCUT2D eigenvalue weighted by molar-refractivity contribution is -0.142. The Balaban J connectivity index is 2.36. The zero-order valence-corrected chi connectivity index (χ0v) is 19.6. The molecular weight excluding hydrogens is 414 g/mol. The maximum Gasteiger partial charge on any atom is 0.310 e. The van der Waals surface area contributed by atoms with Crippen LogP contribution < -0.4 is 14.8 Å². The fourth-order valence-electron chi connectivity index (χ4n) is 2.86. The Hall–Kier alpha value is -2.67. The molecule has 0 saturated heterocycles. The predicted molar refractivity (Wildman–Crippen MR) is 124 cm³/mol. The highest BCUT2D eigenvalue weighted by Gasteiger charge is 2.15. The molecule has 0 aliphatic rings. The predicted octanol–water partition coefficient (Wildman–Crippen LogP) is 4.98. The van der Waals surface area contributed by atoms with Crippen LogP contribution in [0.15, 0.2) is 36.4 Å². The average molecular weight is 446 g/mol. The van der Waals surface area contributed by atoms with Crippen molar-refractivity contribution >= 4 is 23.6 Å². The molecule has 0 atom stereocenters. The summed E-state index contributed by atoms with van der Waals surface area (Å²) in [5.74, 6) is 2.00. The Bertz CT molecular complexity index is 898. The van der Waals surface area contributed by atoms with Crippen molar-refractivity contribution in [1.29, 1.82) is 0 Å². The molecule has 6 nitrogen and oxygen atoms in total. The van der Waals surface area contributed by atoms with Gasteiger partial charge in [0.2, 0.25) is 0 Å². The van der Waals surface area contributed by atoms with Crippen LogP contribution in [0.1, 0.15) is 49.2 Å². The van der Waals surface area contributed by atoms with E-state index in [1.165, 1.54) is 0 Å². The molecule has 168 valence electrons. The minimum atomic E-state index is -0.293. The zero-order valence-electron chi connectivity index (χ0n) is 18.8. The summed E-state index contributed by atoms with van der Waals surface area (Å²) in [6, 6.07) is 10.8. The summed E-state index contributed by atoms with van der Waals surface area (Å²) in [6.07, 6.45) is 0.153. The third-order valence-electron chi connectivity index (χ3n) is 4.33. The third-order valence-corrected chi connectivity index (χ3v) is 5.48. The Morgan fingerprint density at radius 2 is 1.77 bits per heavy atom. The second kappa shape index (κ2) is 12.2. The Kier molecular flexibility index (Phi) is 9.72. The van der Waals surface area contributed by atoms with Gasteiger partial charge in [-0.3, -0.25) is 9.59 Å². The molecule has 0 heterocycles. The molecule has 2 rings (SSSR count). The van der Waals surface area contributed by atoms with E-state index in [0.717, 1.165) is 11.1 Å². The SMILES string of the molecule is CCNC(=O)c1ccc(Oc2cc(CC(=O)OCC)ccc2OC)c(CSC(C)C)c1. The fourth-order valence-corrected chi connectivity index (χ4v) is 3.60. The molecule has 7 heteroatoms. The van der Waals surface area contributed by atoms with E-state index in [4.69, 9.17) is 14.2 Å². The summed E-state index contributed by atoms with van der Waals surface area (Å²) < 4.78 is 16.7.